The van der Waals surface area contributed by atoms with Crippen molar-refractivity contribution in [3.8, 4) is 0 Å². The highest BCUT2D eigenvalue weighted by atomic mass is 33.1. The first kappa shape index (κ1) is 9.43. The Kier molecular flexibility index (Phi) is 3.01. The van der Waals surface area contributed by atoms with Crippen molar-refractivity contribution in [2.45, 2.75) is 5.03 Å². The molecule has 7 heteroatoms. The molecule has 0 atom stereocenters. The highest BCUT2D eigenvalue weighted by Crippen LogP contribution is 2.09. The first-order valence-electron chi connectivity index (χ1n) is 2.86. The van der Waals surface area contributed by atoms with Gasteiger partial charge in [-0.05, 0) is 28.4 Å². The van der Waals surface area contributed by atoms with Crippen molar-refractivity contribution in [2.75, 3.05) is 0 Å². The van der Waals surface area contributed by atoms with E-state index in [0.29, 0.717) is 5.03 Å². The van der Waals surface area contributed by atoms with Crippen LogP contribution in [0.5, 0.6) is 0 Å². The van der Waals surface area contributed by atoms with Crippen molar-refractivity contribution in [2.24, 2.45) is 0 Å². The lowest BCUT2D eigenvalue weighted by Crippen LogP contribution is -1.90. The van der Waals surface area contributed by atoms with Crippen LogP contribution in [-0.2, 0) is 30.4 Å². The van der Waals surface area contributed by atoms with Gasteiger partial charge in [0.05, 0.1) is 4.92 Å². The molecule has 1 aromatic rings. The van der Waals surface area contributed by atoms with E-state index in [1.807, 2.05) is 0 Å². The average Bonchev–Trinajstić information content (AvgIpc) is 2.04. The third-order valence-electron chi connectivity index (χ3n) is 1.13. The van der Waals surface area contributed by atoms with Gasteiger partial charge < -0.3 is 0 Å². The van der Waals surface area contributed by atoms with Crippen molar-refractivity contribution < 1.29 is 4.92 Å². The third kappa shape index (κ3) is 2.16. The number of aromatic nitrogens is 1. The van der Waals surface area contributed by atoms with Gasteiger partial charge in [-0.3, -0.25) is 10.1 Å². The molecule has 0 N–H and O–H groups in total. The summed E-state index contributed by atoms with van der Waals surface area (Å²) in [5.74, 6) is 0. The standard InChI is InChI=1S/C5H4N2O2S3/c8-7(9)4-1-2-5(6-3-4)12(10)11/h1-3,12H. The Bertz CT molecular complexity index is 363. The van der Waals surface area contributed by atoms with Gasteiger partial charge in [0.1, 0.15) is 11.2 Å². The van der Waals surface area contributed by atoms with E-state index in [9.17, 15) is 10.1 Å². The van der Waals surface area contributed by atoms with Crippen LogP contribution in [0, 0.1) is 10.1 Å². The van der Waals surface area contributed by atoms with Gasteiger partial charge in [-0.1, -0.05) is 8.01 Å². The quantitative estimate of drug-likeness (QED) is 0.450. The summed E-state index contributed by atoms with van der Waals surface area (Å²) in [5.41, 5.74) is -0.0411. The lowest BCUT2D eigenvalue weighted by Gasteiger charge is -1.91. The van der Waals surface area contributed by atoms with Crippen molar-refractivity contribution in [1.82, 2.24) is 4.98 Å². The predicted molar refractivity (Wildman–Crippen MR) is 52.6 cm³/mol. The Morgan fingerprint density at radius 1 is 1.50 bits per heavy atom. The Balaban J connectivity index is 3.09. The lowest BCUT2D eigenvalue weighted by molar-refractivity contribution is -0.385. The highest BCUT2D eigenvalue weighted by Gasteiger charge is 2.03. The molecule has 0 aliphatic rings. The molecule has 0 unspecified atom stereocenters. The number of nitrogens with zero attached hydrogens (tertiary/aromatic N) is 2. The Morgan fingerprint density at radius 2 is 2.17 bits per heavy atom. The van der Waals surface area contributed by atoms with Crippen molar-refractivity contribution in [3.05, 3.63) is 28.4 Å². The molecule has 0 radical (unpaired) electrons. The van der Waals surface area contributed by atoms with Gasteiger partial charge in [0, 0.05) is 6.07 Å². The summed E-state index contributed by atoms with van der Waals surface area (Å²) in [6.45, 7) is 0. The van der Waals surface area contributed by atoms with Crippen LogP contribution >= 0.6 is 0 Å². The summed E-state index contributed by atoms with van der Waals surface area (Å²) < 4.78 is 0. The van der Waals surface area contributed by atoms with Gasteiger partial charge in [-0.2, -0.15) is 0 Å². The minimum Gasteiger partial charge on any atom is -0.258 e. The zero-order valence-corrected chi connectivity index (χ0v) is 8.23. The Morgan fingerprint density at radius 3 is 2.50 bits per heavy atom. The molecule has 0 spiro atoms. The lowest BCUT2D eigenvalue weighted by atomic mass is 10.4. The van der Waals surface area contributed by atoms with E-state index in [1.54, 1.807) is 0 Å². The van der Waals surface area contributed by atoms with Crippen LogP contribution in [0.3, 0.4) is 0 Å². The van der Waals surface area contributed by atoms with Gasteiger partial charge in [0.25, 0.3) is 5.69 Å². The first-order chi connectivity index (χ1) is 5.61. The van der Waals surface area contributed by atoms with Gasteiger partial charge in [0.2, 0.25) is 0 Å². The molecule has 0 saturated carbocycles. The van der Waals surface area contributed by atoms with Crippen LogP contribution in [0.1, 0.15) is 0 Å². The Labute approximate surface area is 79.6 Å². The fourth-order valence-corrected chi connectivity index (χ4v) is 1.59. The fraction of sp³-hybridized carbons (Fsp3) is 0. The zero-order valence-electron chi connectivity index (χ0n) is 5.71. The second-order valence-electron chi connectivity index (χ2n) is 1.89. The molecule has 1 aromatic heterocycles. The number of hydrogen-bond acceptors (Lipinski definition) is 5. The monoisotopic (exact) mass is 220 g/mol. The fourth-order valence-electron chi connectivity index (χ4n) is 0.594. The van der Waals surface area contributed by atoms with Crippen LogP contribution in [0.4, 0.5) is 5.69 Å². The van der Waals surface area contributed by atoms with Crippen molar-refractivity contribution >= 4 is 36.1 Å². The Hall–Kier alpha value is -0.660. The number of hydrogen-bond donors (Lipinski definition) is 1. The number of pyridine rings is 1. The van der Waals surface area contributed by atoms with E-state index in [-0.39, 0.29) is 5.69 Å². The SMILES string of the molecule is O=[N+]([O-])c1ccc([SH](=S)=S)nc1. The van der Waals surface area contributed by atoms with E-state index >= 15 is 0 Å². The largest absolute Gasteiger partial charge is 0.287 e. The van der Waals surface area contributed by atoms with Gasteiger partial charge in [-0.25, -0.2) is 4.98 Å². The molecule has 4 nitrogen and oxygen atoms in total. The second-order valence-corrected chi connectivity index (χ2v) is 5.75. The molecular weight excluding hydrogens is 216 g/mol. The number of thiol groups is 1. The van der Waals surface area contributed by atoms with Crippen LogP contribution in [0.2, 0.25) is 0 Å². The molecule has 12 heavy (non-hydrogen) atoms. The molecule has 64 valence electrons. The maximum Gasteiger partial charge on any atom is 0.287 e. The summed E-state index contributed by atoms with van der Waals surface area (Å²) in [6.07, 6.45) is 1.17. The summed E-state index contributed by atoms with van der Waals surface area (Å²) in [7, 11) is -1.09. The molecule has 0 fully saturated rings. The summed E-state index contributed by atoms with van der Waals surface area (Å²) >= 11 is 9.60. The number of nitro groups is 1. The summed E-state index contributed by atoms with van der Waals surface area (Å²) in [4.78, 5) is 13.5. The minimum absolute atomic E-state index is 0.0411. The molecule has 0 aliphatic heterocycles. The molecule has 1 heterocycles. The van der Waals surface area contributed by atoms with Gasteiger partial charge in [0.15, 0.2) is 0 Å². The van der Waals surface area contributed by atoms with E-state index in [2.05, 4.69) is 4.98 Å². The molecule has 0 aromatic carbocycles. The topological polar surface area (TPSA) is 56.0 Å². The first-order valence-corrected chi connectivity index (χ1v) is 6.23. The molecular formula is C5H4N2O2S3. The van der Waals surface area contributed by atoms with Crippen LogP contribution in [0.15, 0.2) is 23.4 Å². The van der Waals surface area contributed by atoms with Gasteiger partial charge in [-0.15, -0.1) is 0 Å². The maximum atomic E-state index is 10.2. The molecule has 0 saturated heterocycles. The van der Waals surface area contributed by atoms with Crippen molar-refractivity contribution in [3.63, 3.8) is 0 Å². The van der Waals surface area contributed by atoms with Gasteiger partial charge >= 0.3 is 0 Å². The highest BCUT2D eigenvalue weighted by molar-refractivity contribution is 8.46. The van der Waals surface area contributed by atoms with Crippen molar-refractivity contribution in [1.29, 1.82) is 0 Å². The van der Waals surface area contributed by atoms with Crippen LogP contribution in [0.25, 0.3) is 0 Å². The smallest absolute Gasteiger partial charge is 0.258 e. The predicted octanol–water partition coefficient (Wildman–Crippen LogP) is 0.623. The van der Waals surface area contributed by atoms with E-state index < -0.39 is 12.9 Å². The second kappa shape index (κ2) is 3.83. The molecule has 0 amide bonds. The number of rotatable bonds is 2. The maximum absolute atomic E-state index is 10.2. The average molecular weight is 220 g/mol. The minimum atomic E-state index is -1.09. The van der Waals surface area contributed by atoms with E-state index in [1.165, 1.54) is 18.3 Å². The third-order valence-corrected chi connectivity index (χ3v) is 2.89. The molecule has 0 bridgehead atoms. The van der Waals surface area contributed by atoms with Crippen LogP contribution in [-0.4, -0.2) is 9.91 Å². The van der Waals surface area contributed by atoms with E-state index in [4.69, 9.17) is 22.4 Å². The zero-order chi connectivity index (χ0) is 9.14. The normalized spacial score (nSPS) is 10.1. The summed E-state index contributed by atoms with van der Waals surface area (Å²) in [6, 6.07) is 2.86. The van der Waals surface area contributed by atoms with Crippen LogP contribution < -0.4 is 0 Å². The summed E-state index contributed by atoms with van der Waals surface area (Å²) in [5, 5.41) is 10.8. The molecule has 1 rings (SSSR count). The molecule has 0 aliphatic carbocycles. The van der Waals surface area contributed by atoms with E-state index in [0.717, 1.165) is 0 Å².